The molecule has 2 N–H and O–H groups in total. The second kappa shape index (κ2) is 4.53. The van der Waals surface area contributed by atoms with Gasteiger partial charge in [0.2, 0.25) is 0 Å². The quantitative estimate of drug-likeness (QED) is 0.787. The monoisotopic (exact) mass is 215 g/mol. The molecule has 0 aliphatic rings. The lowest BCUT2D eigenvalue weighted by Gasteiger charge is -2.04. The van der Waals surface area contributed by atoms with E-state index in [2.05, 4.69) is 0 Å². The highest BCUT2D eigenvalue weighted by molar-refractivity contribution is 6.31. The van der Waals surface area contributed by atoms with Gasteiger partial charge in [0.05, 0.1) is 5.02 Å². The Hall–Kier alpha value is -0.930. The van der Waals surface area contributed by atoms with E-state index in [0.29, 0.717) is 5.56 Å². The molecule has 0 saturated carbocycles. The van der Waals surface area contributed by atoms with Crippen LogP contribution >= 0.6 is 11.6 Å². The van der Waals surface area contributed by atoms with Crippen molar-refractivity contribution in [2.75, 3.05) is 0 Å². The highest BCUT2D eigenvalue weighted by Crippen LogP contribution is 2.17. The fourth-order valence-electron chi connectivity index (χ4n) is 1.08. The number of halogens is 2. The maximum Gasteiger partial charge on any atom is 0.164 e. The van der Waals surface area contributed by atoms with Gasteiger partial charge >= 0.3 is 0 Å². The minimum Gasteiger partial charge on any atom is -0.328 e. The number of Topliss-reactive ketones (excluding diaryl/α,β-unsaturated/α-hetero) is 1. The van der Waals surface area contributed by atoms with E-state index in [1.165, 1.54) is 18.2 Å². The molecule has 0 amide bonds. The Labute approximate surface area is 86.9 Å². The van der Waals surface area contributed by atoms with E-state index >= 15 is 0 Å². The maximum absolute atomic E-state index is 12.8. The molecule has 1 aromatic carbocycles. The molecule has 4 heteroatoms. The molecule has 0 fully saturated rings. The Kier molecular flexibility index (Phi) is 3.61. The van der Waals surface area contributed by atoms with Gasteiger partial charge in [0.15, 0.2) is 5.78 Å². The summed E-state index contributed by atoms with van der Waals surface area (Å²) in [6, 6.07) is 3.70. The number of rotatable bonds is 3. The van der Waals surface area contributed by atoms with Crippen molar-refractivity contribution in [3.63, 3.8) is 0 Å². The molecule has 0 radical (unpaired) electrons. The van der Waals surface area contributed by atoms with E-state index in [9.17, 15) is 9.18 Å². The molecule has 2 nitrogen and oxygen atoms in total. The summed E-state index contributed by atoms with van der Waals surface area (Å²) in [7, 11) is 0. The number of benzene rings is 1. The summed E-state index contributed by atoms with van der Waals surface area (Å²) in [5.41, 5.74) is 5.87. The van der Waals surface area contributed by atoms with E-state index in [0.717, 1.165) is 0 Å². The van der Waals surface area contributed by atoms with E-state index in [4.69, 9.17) is 17.3 Å². The van der Waals surface area contributed by atoms with Crippen LogP contribution in [0.25, 0.3) is 0 Å². The summed E-state index contributed by atoms with van der Waals surface area (Å²) in [6.07, 6.45) is 0.238. The Bertz CT molecular complexity index is 352. The maximum atomic E-state index is 12.8. The molecular weight excluding hydrogens is 205 g/mol. The minimum absolute atomic E-state index is 0.0412. The molecule has 0 heterocycles. The number of hydrogen-bond acceptors (Lipinski definition) is 2. The fraction of sp³-hybridized carbons (Fsp3) is 0.300. The van der Waals surface area contributed by atoms with Crippen LogP contribution in [0.15, 0.2) is 18.2 Å². The summed E-state index contributed by atoms with van der Waals surface area (Å²) in [4.78, 5) is 11.5. The van der Waals surface area contributed by atoms with Crippen LogP contribution < -0.4 is 5.73 Å². The smallest absolute Gasteiger partial charge is 0.164 e. The van der Waals surface area contributed by atoms with Crippen LogP contribution in [0.2, 0.25) is 5.02 Å². The highest BCUT2D eigenvalue weighted by Gasteiger charge is 2.10. The van der Waals surface area contributed by atoms with Crippen LogP contribution in [-0.4, -0.2) is 11.8 Å². The molecule has 1 atom stereocenters. The summed E-state index contributed by atoms with van der Waals surface area (Å²) in [5, 5.41) is -0.0412. The first-order valence-corrected chi connectivity index (χ1v) is 4.62. The van der Waals surface area contributed by atoms with Crippen molar-refractivity contribution in [3.8, 4) is 0 Å². The number of ketones is 1. The van der Waals surface area contributed by atoms with Crippen molar-refractivity contribution < 1.29 is 9.18 Å². The van der Waals surface area contributed by atoms with Gasteiger partial charge in [0.25, 0.3) is 0 Å². The van der Waals surface area contributed by atoms with Gasteiger partial charge in [-0.1, -0.05) is 11.6 Å². The summed E-state index contributed by atoms with van der Waals surface area (Å²) < 4.78 is 12.8. The third-order valence-electron chi connectivity index (χ3n) is 1.75. The summed E-state index contributed by atoms with van der Waals surface area (Å²) in [6.45, 7) is 1.74. The van der Waals surface area contributed by atoms with Gasteiger partial charge < -0.3 is 5.73 Å². The number of hydrogen-bond donors (Lipinski definition) is 1. The van der Waals surface area contributed by atoms with Crippen molar-refractivity contribution in [3.05, 3.63) is 34.6 Å². The summed E-state index contributed by atoms with van der Waals surface area (Å²) in [5.74, 6) is -0.647. The largest absolute Gasteiger partial charge is 0.328 e. The Morgan fingerprint density at radius 3 is 2.79 bits per heavy atom. The lowest BCUT2D eigenvalue weighted by atomic mass is 10.1. The van der Waals surface area contributed by atoms with Crippen LogP contribution in [0.1, 0.15) is 23.7 Å². The predicted octanol–water partition coefficient (Wildman–Crippen LogP) is 2.40. The van der Waals surface area contributed by atoms with Crippen LogP contribution in [0.3, 0.4) is 0 Å². The number of carbonyl (C=O) groups excluding carboxylic acids is 1. The molecular formula is C10H11ClFNO. The zero-order valence-corrected chi connectivity index (χ0v) is 8.51. The van der Waals surface area contributed by atoms with Gasteiger partial charge in [-0.05, 0) is 25.1 Å². The molecule has 0 aliphatic heterocycles. The minimum atomic E-state index is -0.524. The highest BCUT2D eigenvalue weighted by atomic mass is 35.5. The van der Waals surface area contributed by atoms with Gasteiger partial charge in [-0.3, -0.25) is 4.79 Å². The third-order valence-corrected chi connectivity index (χ3v) is 2.04. The van der Waals surface area contributed by atoms with E-state index in [1.807, 2.05) is 0 Å². The Morgan fingerprint density at radius 1 is 1.64 bits per heavy atom. The molecule has 0 aromatic heterocycles. The first-order chi connectivity index (χ1) is 6.50. The van der Waals surface area contributed by atoms with Crippen LogP contribution in [0.4, 0.5) is 4.39 Å². The van der Waals surface area contributed by atoms with E-state index in [1.54, 1.807) is 6.92 Å². The molecule has 14 heavy (non-hydrogen) atoms. The van der Waals surface area contributed by atoms with E-state index < -0.39 is 5.82 Å². The standard InChI is InChI=1S/C10H11ClFNO/c1-6(13)4-10(14)7-2-3-9(12)8(11)5-7/h2-3,5-6H,4,13H2,1H3. The predicted molar refractivity (Wildman–Crippen MR) is 54.0 cm³/mol. The lowest BCUT2D eigenvalue weighted by molar-refractivity contribution is 0.0976. The zero-order chi connectivity index (χ0) is 10.7. The van der Waals surface area contributed by atoms with Crippen molar-refractivity contribution in [1.29, 1.82) is 0 Å². The number of carbonyl (C=O) groups is 1. The van der Waals surface area contributed by atoms with Gasteiger partial charge in [-0.15, -0.1) is 0 Å². The molecule has 1 aromatic rings. The fourth-order valence-corrected chi connectivity index (χ4v) is 1.26. The molecule has 1 unspecified atom stereocenters. The van der Waals surface area contributed by atoms with Crippen molar-refractivity contribution in [2.24, 2.45) is 5.73 Å². The lowest BCUT2D eigenvalue weighted by Crippen LogP contribution is -2.19. The first kappa shape index (κ1) is 11.1. The third kappa shape index (κ3) is 2.79. The second-order valence-corrected chi connectivity index (χ2v) is 3.64. The Morgan fingerprint density at radius 2 is 2.29 bits per heavy atom. The molecule has 0 bridgehead atoms. The molecule has 0 spiro atoms. The van der Waals surface area contributed by atoms with Crippen LogP contribution in [0, 0.1) is 5.82 Å². The SMILES string of the molecule is CC(N)CC(=O)c1ccc(F)c(Cl)c1. The van der Waals surface area contributed by atoms with Crippen LogP contribution in [-0.2, 0) is 0 Å². The van der Waals surface area contributed by atoms with Crippen molar-refractivity contribution >= 4 is 17.4 Å². The normalized spacial score (nSPS) is 12.6. The average molecular weight is 216 g/mol. The topological polar surface area (TPSA) is 43.1 Å². The van der Waals surface area contributed by atoms with Gasteiger partial charge in [0, 0.05) is 18.0 Å². The molecule has 0 saturated heterocycles. The molecule has 76 valence electrons. The first-order valence-electron chi connectivity index (χ1n) is 4.24. The zero-order valence-electron chi connectivity index (χ0n) is 7.76. The van der Waals surface area contributed by atoms with Gasteiger partial charge in [-0.2, -0.15) is 0 Å². The average Bonchev–Trinajstić information content (AvgIpc) is 2.08. The number of nitrogens with two attached hydrogens (primary N) is 1. The van der Waals surface area contributed by atoms with E-state index in [-0.39, 0.29) is 23.3 Å². The van der Waals surface area contributed by atoms with Crippen LogP contribution in [0.5, 0.6) is 0 Å². The molecule has 1 rings (SSSR count). The Balaban J connectivity index is 2.86. The van der Waals surface area contributed by atoms with Gasteiger partial charge in [0.1, 0.15) is 5.82 Å². The van der Waals surface area contributed by atoms with Crippen molar-refractivity contribution in [2.45, 2.75) is 19.4 Å². The van der Waals surface area contributed by atoms with Crippen molar-refractivity contribution in [1.82, 2.24) is 0 Å². The second-order valence-electron chi connectivity index (χ2n) is 3.23. The summed E-state index contributed by atoms with van der Waals surface area (Å²) >= 11 is 5.54. The molecule has 0 aliphatic carbocycles. The van der Waals surface area contributed by atoms with Gasteiger partial charge in [-0.25, -0.2) is 4.39 Å².